The molecule has 0 saturated carbocycles. The zero-order valence-electron chi connectivity index (χ0n) is 14.1. The number of ether oxygens (including phenoxy) is 2. The maximum absolute atomic E-state index is 12.5. The van der Waals surface area contributed by atoms with Crippen LogP contribution >= 0.6 is 23.2 Å². The molecule has 0 spiro atoms. The zero-order chi connectivity index (χ0) is 18.8. The third kappa shape index (κ3) is 3.71. The van der Waals surface area contributed by atoms with Crippen LogP contribution in [-0.2, 0) is 4.79 Å². The normalized spacial score (nSPS) is 15.5. The number of nitrogens with one attached hydrogen (secondary N) is 2. The van der Waals surface area contributed by atoms with E-state index in [0.717, 1.165) is 0 Å². The highest BCUT2D eigenvalue weighted by molar-refractivity contribution is 6.37. The van der Waals surface area contributed by atoms with Gasteiger partial charge >= 0.3 is 0 Å². The van der Waals surface area contributed by atoms with Gasteiger partial charge in [0, 0.05) is 11.3 Å². The fraction of sp³-hybridized carbons (Fsp3) is 0.222. The van der Waals surface area contributed by atoms with Crippen molar-refractivity contribution in [3.05, 3.63) is 45.9 Å². The Morgan fingerprint density at radius 3 is 2.62 bits per heavy atom. The second-order valence-corrected chi connectivity index (χ2v) is 6.43. The summed E-state index contributed by atoms with van der Waals surface area (Å²) in [4.78, 5) is 24.2. The van der Waals surface area contributed by atoms with Crippen LogP contribution in [0, 0.1) is 0 Å². The van der Waals surface area contributed by atoms with E-state index in [9.17, 15) is 9.59 Å². The smallest absolute Gasteiger partial charge is 0.265 e. The monoisotopic (exact) mass is 394 g/mol. The van der Waals surface area contributed by atoms with Gasteiger partial charge in [0.2, 0.25) is 0 Å². The predicted molar refractivity (Wildman–Crippen MR) is 101 cm³/mol. The quantitative estimate of drug-likeness (QED) is 0.807. The maximum atomic E-state index is 12.5. The lowest BCUT2D eigenvalue weighted by Gasteiger charge is -2.23. The molecule has 0 aliphatic carbocycles. The van der Waals surface area contributed by atoms with Crippen LogP contribution in [0.2, 0.25) is 10.0 Å². The van der Waals surface area contributed by atoms with Gasteiger partial charge in [0.05, 0.1) is 22.3 Å². The highest BCUT2D eigenvalue weighted by Gasteiger charge is 2.24. The van der Waals surface area contributed by atoms with Crippen LogP contribution in [0.3, 0.4) is 0 Å². The summed E-state index contributed by atoms with van der Waals surface area (Å²) in [5.41, 5.74) is 1.28. The molecule has 6 nitrogen and oxygen atoms in total. The molecule has 1 aliphatic rings. The molecule has 2 aromatic rings. The molecular weight excluding hydrogens is 379 g/mol. The molecule has 0 radical (unpaired) electrons. The molecule has 1 heterocycles. The van der Waals surface area contributed by atoms with E-state index in [1.165, 1.54) is 12.1 Å². The average Bonchev–Trinajstić information content (AvgIpc) is 2.59. The molecule has 8 heteroatoms. The first-order chi connectivity index (χ1) is 12.4. The molecule has 26 heavy (non-hydrogen) atoms. The van der Waals surface area contributed by atoms with E-state index < -0.39 is 12.0 Å². The summed E-state index contributed by atoms with van der Waals surface area (Å²) in [7, 11) is 0. The number of anilines is 2. The second kappa shape index (κ2) is 7.43. The minimum Gasteiger partial charge on any atom is -0.491 e. The number of hydrogen-bond acceptors (Lipinski definition) is 4. The molecule has 0 fully saturated rings. The van der Waals surface area contributed by atoms with Crippen molar-refractivity contribution in [2.75, 3.05) is 17.2 Å². The lowest BCUT2D eigenvalue weighted by molar-refractivity contribution is -0.122. The number of carbonyl (C=O) groups excluding carboxylic acids is 2. The molecule has 0 aromatic heterocycles. The number of carbonyl (C=O) groups is 2. The minimum atomic E-state index is -0.559. The van der Waals surface area contributed by atoms with Gasteiger partial charge in [-0.25, -0.2) is 0 Å². The molecule has 2 aromatic carbocycles. The van der Waals surface area contributed by atoms with Crippen molar-refractivity contribution in [1.29, 1.82) is 0 Å². The fourth-order valence-corrected chi connectivity index (χ4v) is 3.06. The van der Waals surface area contributed by atoms with Gasteiger partial charge in [-0.15, -0.1) is 0 Å². The molecule has 2 N–H and O–H groups in total. The predicted octanol–water partition coefficient (Wildman–Crippen LogP) is 4.36. The van der Waals surface area contributed by atoms with Crippen LogP contribution in [0.5, 0.6) is 11.5 Å². The first-order valence-electron chi connectivity index (χ1n) is 7.93. The minimum absolute atomic E-state index is 0.244. The number of fused-ring (bicyclic) bond motifs is 1. The lowest BCUT2D eigenvalue weighted by atomic mass is 10.1. The third-order valence-electron chi connectivity index (χ3n) is 3.72. The van der Waals surface area contributed by atoms with Crippen LogP contribution in [0.4, 0.5) is 11.4 Å². The Hall–Kier alpha value is -2.44. The maximum Gasteiger partial charge on any atom is 0.265 e. The number of hydrogen-bond donors (Lipinski definition) is 2. The van der Waals surface area contributed by atoms with E-state index in [-0.39, 0.29) is 21.5 Å². The van der Waals surface area contributed by atoms with Gasteiger partial charge in [0.1, 0.15) is 5.75 Å². The Morgan fingerprint density at radius 1 is 1.27 bits per heavy atom. The summed E-state index contributed by atoms with van der Waals surface area (Å²) in [5, 5.41) is 5.97. The third-order valence-corrected chi connectivity index (χ3v) is 4.28. The average molecular weight is 395 g/mol. The molecule has 0 unspecified atom stereocenters. The standard InChI is InChI=1S/C18H16Cl2N2O4/c1-3-25-16-12(19)6-10(7-13(16)20)18(24)21-11-4-5-15-14(8-11)22-17(23)9(2)26-15/h4-9H,3H2,1-2H3,(H,21,24)(H,22,23)/t9-/m1/s1. The molecular formula is C18H16Cl2N2O4. The number of benzene rings is 2. The fourth-order valence-electron chi connectivity index (χ4n) is 2.46. The Kier molecular flexibility index (Phi) is 5.25. The number of halogens is 2. The summed E-state index contributed by atoms with van der Waals surface area (Å²) in [5.74, 6) is 0.247. The second-order valence-electron chi connectivity index (χ2n) is 5.62. The molecule has 0 saturated heterocycles. The van der Waals surface area contributed by atoms with Gasteiger partial charge in [-0.05, 0) is 44.2 Å². The van der Waals surface area contributed by atoms with E-state index in [1.807, 2.05) is 6.92 Å². The van der Waals surface area contributed by atoms with E-state index in [0.29, 0.717) is 29.5 Å². The van der Waals surface area contributed by atoms with Gasteiger partial charge in [-0.3, -0.25) is 9.59 Å². The zero-order valence-corrected chi connectivity index (χ0v) is 15.6. The highest BCUT2D eigenvalue weighted by Crippen LogP contribution is 2.35. The first-order valence-corrected chi connectivity index (χ1v) is 8.69. The Labute approximate surface area is 160 Å². The van der Waals surface area contributed by atoms with Crippen molar-refractivity contribution in [3.63, 3.8) is 0 Å². The Balaban J connectivity index is 1.81. The number of amides is 2. The SMILES string of the molecule is CCOc1c(Cl)cc(C(=O)Nc2ccc3c(c2)NC(=O)[C@@H](C)O3)cc1Cl. The van der Waals surface area contributed by atoms with Crippen molar-refractivity contribution in [2.24, 2.45) is 0 Å². The summed E-state index contributed by atoms with van der Waals surface area (Å²) < 4.78 is 10.8. The van der Waals surface area contributed by atoms with E-state index in [2.05, 4.69) is 10.6 Å². The van der Waals surface area contributed by atoms with Crippen LogP contribution in [0.1, 0.15) is 24.2 Å². The summed E-state index contributed by atoms with van der Waals surface area (Å²) in [6.07, 6.45) is -0.559. The molecule has 2 amide bonds. The van der Waals surface area contributed by atoms with E-state index in [1.54, 1.807) is 25.1 Å². The van der Waals surface area contributed by atoms with Crippen molar-refractivity contribution in [3.8, 4) is 11.5 Å². The lowest BCUT2D eigenvalue weighted by Crippen LogP contribution is -2.34. The summed E-state index contributed by atoms with van der Waals surface area (Å²) in [6.45, 7) is 3.88. The van der Waals surface area contributed by atoms with Crippen LogP contribution in [-0.4, -0.2) is 24.5 Å². The Morgan fingerprint density at radius 2 is 1.96 bits per heavy atom. The van der Waals surface area contributed by atoms with Gasteiger partial charge in [-0.1, -0.05) is 23.2 Å². The van der Waals surface area contributed by atoms with Crippen LogP contribution in [0.15, 0.2) is 30.3 Å². The van der Waals surface area contributed by atoms with Crippen molar-refractivity contribution < 1.29 is 19.1 Å². The molecule has 3 rings (SSSR count). The number of rotatable bonds is 4. The van der Waals surface area contributed by atoms with Crippen LogP contribution in [0.25, 0.3) is 0 Å². The molecule has 136 valence electrons. The van der Waals surface area contributed by atoms with Gasteiger partial charge in [0.25, 0.3) is 11.8 Å². The summed E-state index contributed by atoms with van der Waals surface area (Å²) >= 11 is 12.3. The van der Waals surface area contributed by atoms with Crippen molar-refractivity contribution in [2.45, 2.75) is 20.0 Å². The van der Waals surface area contributed by atoms with Gasteiger partial charge in [-0.2, -0.15) is 0 Å². The molecule has 1 atom stereocenters. The van der Waals surface area contributed by atoms with Gasteiger partial charge in [0.15, 0.2) is 11.9 Å². The highest BCUT2D eigenvalue weighted by atomic mass is 35.5. The molecule has 0 bridgehead atoms. The largest absolute Gasteiger partial charge is 0.491 e. The van der Waals surface area contributed by atoms with E-state index >= 15 is 0 Å². The van der Waals surface area contributed by atoms with E-state index in [4.69, 9.17) is 32.7 Å². The van der Waals surface area contributed by atoms with Crippen molar-refractivity contribution in [1.82, 2.24) is 0 Å². The topological polar surface area (TPSA) is 76.7 Å². The Bertz CT molecular complexity index is 862. The van der Waals surface area contributed by atoms with Crippen LogP contribution < -0.4 is 20.1 Å². The van der Waals surface area contributed by atoms with Gasteiger partial charge < -0.3 is 20.1 Å². The molecule has 1 aliphatic heterocycles. The summed E-state index contributed by atoms with van der Waals surface area (Å²) in [6, 6.07) is 7.95. The van der Waals surface area contributed by atoms with Crippen molar-refractivity contribution >= 4 is 46.4 Å². The first kappa shape index (κ1) is 18.4.